The van der Waals surface area contributed by atoms with Crippen molar-refractivity contribution in [2.24, 2.45) is 0 Å². The number of alkyl halides is 15. The molecule has 1 atom stereocenters. The second-order valence-electron chi connectivity index (χ2n) is 11.8. The first-order valence-electron chi connectivity index (χ1n) is 13.4. The molecular formula is C20H35F15O5Si5. The monoisotopic (exact) mass is 780 g/mol. The molecule has 0 radical (unpaired) electrons. The third kappa shape index (κ3) is 18.3. The van der Waals surface area contributed by atoms with E-state index in [0.717, 1.165) is 19.6 Å². The second-order valence-corrected chi connectivity index (χ2v) is 29.9. The molecule has 0 aromatic heterocycles. The number of hydrogen-bond donors (Lipinski definition) is 0. The molecule has 1 aliphatic heterocycles. The van der Waals surface area contributed by atoms with Gasteiger partial charge in [0.05, 0.1) is 0 Å². The third-order valence-electron chi connectivity index (χ3n) is 6.18. The van der Waals surface area contributed by atoms with E-state index in [9.17, 15) is 65.9 Å². The van der Waals surface area contributed by atoms with Crippen molar-refractivity contribution in [1.82, 2.24) is 0 Å². The molecule has 5 nitrogen and oxygen atoms in total. The van der Waals surface area contributed by atoms with Gasteiger partial charge in [-0.2, -0.15) is 65.9 Å². The van der Waals surface area contributed by atoms with E-state index in [2.05, 4.69) is 0 Å². The maximum absolute atomic E-state index is 13.5. The van der Waals surface area contributed by atoms with Crippen molar-refractivity contribution in [3.63, 3.8) is 0 Å². The van der Waals surface area contributed by atoms with Crippen LogP contribution < -0.4 is 0 Å². The highest BCUT2D eigenvalue weighted by molar-refractivity contribution is 6.94. The molecule has 1 saturated heterocycles. The van der Waals surface area contributed by atoms with Gasteiger partial charge in [-0.15, -0.1) is 0 Å². The molecule has 0 saturated carbocycles. The molecule has 0 spiro atoms. The Morgan fingerprint density at radius 3 is 0.911 bits per heavy atom. The van der Waals surface area contributed by atoms with E-state index in [-0.39, 0.29) is 0 Å². The molecule has 1 rings (SSSR count). The summed E-state index contributed by atoms with van der Waals surface area (Å²) in [6, 6.07) is -6.82. The molecule has 270 valence electrons. The zero-order chi connectivity index (χ0) is 35.6. The van der Waals surface area contributed by atoms with E-state index in [1.807, 2.05) is 0 Å². The van der Waals surface area contributed by atoms with Crippen LogP contribution in [0.4, 0.5) is 65.9 Å². The first-order valence-corrected chi connectivity index (χ1v) is 26.0. The summed E-state index contributed by atoms with van der Waals surface area (Å²) in [7, 11) is -23.1. The summed E-state index contributed by atoms with van der Waals surface area (Å²) in [4.78, 5) is 0. The molecule has 1 aliphatic rings. The largest absolute Gasteiger partial charge is 0.416 e. The van der Waals surface area contributed by atoms with Crippen molar-refractivity contribution in [2.45, 2.75) is 126 Å². The third-order valence-corrected chi connectivity index (χ3v) is 28.7. The predicted molar refractivity (Wildman–Crippen MR) is 141 cm³/mol. The van der Waals surface area contributed by atoms with E-state index in [1.54, 1.807) is 0 Å². The Labute approximate surface area is 255 Å². The minimum Gasteiger partial charge on any atom is -0.416 e. The summed E-state index contributed by atoms with van der Waals surface area (Å²) in [6.45, 7) is 5.71. The van der Waals surface area contributed by atoms with Gasteiger partial charge >= 0.3 is 73.7 Å². The fourth-order valence-electron chi connectivity index (χ4n) is 4.85. The molecule has 1 heterocycles. The maximum atomic E-state index is 13.5. The molecule has 0 aromatic rings. The molecule has 1 unspecified atom stereocenters. The molecule has 0 N–H and O–H groups in total. The quantitative estimate of drug-likeness (QED) is 0.163. The summed E-state index contributed by atoms with van der Waals surface area (Å²) >= 11 is 0. The van der Waals surface area contributed by atoms with Crippen molar-refractivity contribution >= 4 is 42.8 Å². The van der Waals surface area contributed by atoms with Gasteiger partial charge in [0, 0.05) is 32.1 Å². The van der Waals surface area contributed by atoms with Crippen LogP contribution in [0.5, 0.6) is 0 Å². The van der Waals surface area contributed by atoms with Gasteiger partial charge in [0.1, 0.15) is 0 Å². The van der Waals surface area contributed by atoms with E-state index >= 15 is 0 Å². The highest BCUT2D eigenvalue weighted by Crippen LogP contribution is 2.45. The van der Waals surface area contributed by atoms with Crippen LogP contribution in [0.1, 0.15) is 32.1 Å². The normalized spacial score (nSPS) is 24.8. The van der Waals surface area contributed by atoms with Crippen molar-refractivity contribution in [2.75, 3.05) is 0 Å². The SMILES string of the molecule is C[Si]1(C)O[Si](C)(C)O[Si](CCC(F)(F)F)(CCC(F)(F)F)O[Si](CCC(F)(F)F)(CCC(F)(F)F)O[Si](C)(CCC(F)(F)F)O1. The molecular weight excluding hydrogens is 746 g/mol. The van der Waals surface area contributed by atoms with Crippen LogP contribution in [0.25, 0.3) is 0 Å². The van der Waals surface area contributed by atoms with Crippen LogP contribution in [0.3, 0.4) is 0 Å². The Morgan fingerprint density at radius 2 is 0.600 bits per heavy atom. The zero-order valence-corrected chi connectivity index (χ0v) is 29.8. The van der Waals surface area contributed by atoms with E-state index in [4.69, 9.17) is 20.6 Å². The molecule has 1 fully saturated rings. The van der Waals surface area contributed by atoms with E-state index in [0.29, 0.717) is 0 Å². The highest BCUT2D eigenvalue weighted by Gasteiger charge is 2.60. The van der Waals surface area contributed by atoms with Gasteiger partial charge in [-0.3, -0.25) is 0 Å². The topological polar surface area (TPSA) is 46.2 Å². The fraction of sp³-hybridized carbons (Fsp3) is 1.00. The van der Waals surface area contributed by atoms with Gasteiger partial charge in [-0.05, 0) is 63.0 Å². The molecule has 0 aromatic carbocycles. The van der Waals surface area contributed by atoms with Crippen LogP contribution in [-0.2, 0) is 20.6 Å². The maximum Gasteiger partial charge on any atom is 0.389 e. The smallest absolute Gasteiger partial charge is 0.389 e. The minimum absolute atomic E-state index is 0.925. The fourth-order valence-corrected chi connectivity index (χ4v) is 33.9. The lowest BCUT2D eigenvalue weighted by Gasteiger charge is -2.51. The van der Waals surface area contributed by atoms with Gasteiger partial charge in [0.25, 0.3) is 0 Å². The summed E-state index contributed by atoms with van der Waals surface area (Å²) in [5.41, 5.74) is 0. The standard InChI is InChI=1S/C20H35F15O5Si5/c1-41(2)36-42(3,4)38-44(12-7-17(24,25)26,13-8-18(27,28)29)40-45(14-9-19(30,31)32,15-10-20(33,34)35)39-43(5,37-41)11-6-16(21,22)23/h6-15H2,1-5H3. The first-order chi connectivity index (χ1) is 19.6. The highest BCUT2D eigenvalue weighted by atomic mass is 28.5. The summed E-state index contributed by atoms with van der Waals surface area (Å²) < 4.78 is 231. The average Bonchev–Trinajstić information content (AvgIpc) is 2.73. The average molecular weight is 781 g/mol. The van der Waals surface area contributed by atoms with Crippen molar-refractivity contribution in [3.8, 4) is 0 Å². The summed E-state index contributed by atoms with van der Waals surface area (Å²) in [6.07, 6.45) is -34.7. The minimum atomic E-state index is -5.40. The van der Waals surface area contributed by atoms with Crippen LogP contribution in [0, 0.1) is 0 Å². The Hall–Kier alpha value is -0.166. The Balaban J connectivity index is 4.11. The van der Waals surface area contributed by atoms with Gasteiger partial charge in [0.15, 0.2) is 0 Å². The first kappa shape index (κ1) is 42.9. The van der Waals surface area contributed by atoms with Crippen molar-refractivity contribution in [3.05, 3.63) is 0 Å². The van der Waals surface area contributed by atoms with Gasteiger partial charge in [-0.1, -0.05) is 0 Å². The predicted octanol–water partition coefficient (Wildman–Crippen LogP) is 10.2. The number of rotatable bonds is 10. The lowest BCUT2D eigenvalue weighted by molar-refractivity contribution is -0.133. The van der Waals surface area contributed by atoms with Crippen LogP contribution >= 0.6 is 0 Å². The van der Waals surface area contributed by atoms with E-state index < -0.39 is 136 Å². The lowest BCUT2D eigenvalue weighted by atomic mass is 10.5. The molecule has 0 aliphatic carbocycles. The van der Waals surface area contributed by atoms with Crippen LogP contribution in [0.2, 0.25) is 63.0 Å². The molecule has 0 amide bonds. The molecule has 45 heavy (non-hydrogen) atoms. The van der Waals surface area contributed by atoms with Crippen molar-refractivity contribution < 1.29 is 86.4 Å². The van der Waals surface area contributed by atoms with Gasteiger partial charge in [-0.25, -0.2) is 0 Å². The Kier molecular flexibility index (Phi) is 13.7. The van der Waals surface area contributed by atoms with Crippen LogP contribution in [0.15, 0.2) is 0 Å². The Bertz CT molecular complexity index is 918. The lowest BCUT2D eigenvalue weighted by Crippen LogP contribution is -2.68. The molecule has 25 heteroatoms. The van der Waals surface area contributed by atoms with Gasteiger partial charge in [0.2, 0.25) is 0 Å². The number of halogens is 15. The van der Waals surface area contributed by atoms with Crippen molar-refractivity contribution in [1.29, 1.82) is 0 Å². The second kappa shape index (κ2) is 14.4. The number of hydrogen-bond acceptors (Lipinski definition) is 5. The Morgan fingerprint density at radius 1 is 0.333 bits per heavy atom. The van der Waals surface area contributed by atoms with Crippen LogP contribution in [-0.4, -0.2) is 73.7 Å². The zero-order valence-electron chi connectivity index (χ0n) is 24.8. The van der Waals surface area contributed by atoms with Gasteiger partial charge < -0.3 is 20.6 Å². The molecule has 0 bridgehead atoms. The summed E-state index contributed by atoms with van der Waals surface area (Å²) in [5.74, 6) is 0. The summed E-state index contributed by atoms with van der Waals surface area (Å²) in [5, 5.41) is 0. The van der Waals surface area contributed by atoms with E-state index in [1.165, 1.54) is 13.1 Å².